The number of amides is 2. The lowest BCUT2D eigenvalue weighted by molar-refractivity contribution is -0.127. The maximum Gasteiger partial charge on any atom is 0.410 e. The summed E-state index contributed by atoms with van der Waals surface area (Å²) >= 11 is 3.42. The summed E-state index contributed by atoms with van der Waals surface area (Å²) in [7, 11) is 0. The van der Waals surface area contributed by atoms with Crippen molar-refractivity contribution in [2.24, 2.45) is 11.8 Å². The minimum atomic E-state index is -0.297. The fraction of sp³-hybridized carbons (Fsp3) is 0.767. The van der Waals surface area contributed by atoms with Gasteiger partial charge in [0.2, 0.25) is 0 Å². The van der Waals surface area contributed by atoms with E-state index in [2.05, 4.69) is 37.6 Å². The third kappa shape index (κ3) is 6.22. The smallest absolute Gasteiger partial charge is 0.410 e. The molecule has 1 aromatic heterocycles. The van der Waals surface area contributed by atoms with E-state index in [4.69, 9.17) is 4.74 Å². The predicted molar refractivity (Wildman–Crippen MR) is 152 cm³/mol. The quantitative estimate of drug-likeness (QED) is 0.359. The minimum absolute atomic E-state index is 0.0617. The molecule has 210 valence electrons. The third-order valence-electron chi connectivity index (χ3n) is 9.75. The fourth-order valence-corrected chi connectivity index (χ4v) is 7.81. The third-order valence-corrected chi connectivity index (χ3v) is 10.4. The van der Waals surface area contributed by atoms with Crippen molar-refractivity contribution in [3.8, 4) is 0 Å². The summed E-state index contributed by atoms with van der Waals surface area (Å²) in [5.74, 6) is 1.14. The molecule has 38 heavy (non-hydrogen) atoms. The molecule has 1 aliphatic carbocycles. The Hall–Kier alpha value is -1.67. The van der Waals surface area contributed by atoms with Crippen molar-refractivity contribution in [2.75, 3.05) is 39.3 Å². The van der Waals surface area contributed by atoms with E-state index in [9.17, 15) is 9.59 Å². The van der Waals surface area contributed by atoms with Crippen LogP contribution in [-0.4, -0.2) is 82.6 Å². The van der Waals surface area contributed by atoms with Crippen LogP contribution in [0.15, 0.2) is 22.9 Å². The molecule has 7 nitrogen and oxygen atoms in total. The zero-order valence-corrected chi connectivity index (χ0v) is 24.7. The van der Waals surface area contributed by atoms with E-state index < -0.39 is 0 Å². The second kappa shape index (κ2) is 12.7. The molecular weight excluding hydrogens is 544 g/mol. The molecule has 4 aliphatic rings. The van der Waals surface area contributed by atoms with Gasteiger partial charge in [-0.25, -0.2) is 9.78 Å². The highest BCUT2D eigenvalue weighted by molar-refractivity contribution is 9.10. The van der Waals surface area contributed by atoms with Crippen LogP contribution in [0.4, 0.5) is 4.79 Å². The molecule has 3 saturated heterocycles. The Morgan fingerprint density at radius 2 is 1.84 bits per heavy atom. The molecule has 1 unspecified atom stereocenters. The molecule has 0 aromatic carbocycles. The van der Waals surface area contributed by atoms with Crippen LogP contribution in [-0.2, 0) is 4.74 Å². The standard InChI is InChI=1S/C30H45BrN4O3/c1-2-3-10-24-22-35(21-23-8-5-4-6-9-23)29(37)38-30(24)14-19-33(20-15-30)25-12-17-34(18-13-25)28(36)26-11-7-16-32-27(26)31/h7,11,16,23-25H,2-6,8-10,12-15,17-22H2,1H3. The number of likely N-dealkylation sites (tertiary alicyclic amines) is 2. The van der Waals surface area contributed by atoms with Crippen molar-refractivity contribution in [1.29, 1.82) is 0 Å². The minimum Gasteiger partial charge on any atom is -0.442 e. The maximum atomic E-state index is 13.2. The molecule has 3 aliphatic heterocycles. The lowest BCUT2D eigenvalue weighted by Crippen LogP contribution is -2.61. The molecule has 0 bridgehead atoms. The monoisotopic (exact) mass is 588 g/mol. The average molecular weight is 590 g/mol. The second-order valence-corrected chi connectivity index (χ2v) is 12.8. The summed E-state index contributed by atoms with van der Waals surface area (Å²) in [6.07, 6.45) is 15.5. The number of hydrogen-bond donors (Lipinski definition) is 0. The Balaban J connectivity index is 1.15. The number of pyridine rings is 1. The van der Waals surface area contributed by atoms with Gasteiger partial charge in [0, 0.05) is 70.3 Å². The summed E-state index contributed by atoms with van der Waals surface area (Å²) < 4.78 is 7.04. The molecule has 1 aromatic rings. The van der Waals surface area contributed by atoms with Crippen molar-refractivity contribution in [2.45, 2.75) is 95.6 Å². The molecule has 4 fully saturated rings. The first-order valence-electron chi connectivity index (χ1n) is 15.1. The largest absolute Gasteiger partial charge is 0.442 e. The van der Waals surface area contributed by atoms with E-state index in [-0.39, 0.29) is 17.6 Å². The number of aromatic nitrogens is 1. The number of unbranched alkanes of at least 4 members (excludes halogenated alkanes) is 1. The molecule has 4 heterocycles. The lowest BCUT2D eigenvalue weighted by atomic mass is 9.75. The average Bonchev–Trinajstić information content (AvgIpc) is 2.95. The van der Waals surface area contributed by atoms with E-state index >= 15 is 0 Å². The van der Waals surface area contributed by atoms with Crippen LogP contribution < -0.4 is 0 Å². The highest BCUT2D eigenvalue weighted by Gasteiger charge is 2.50. The van der Waals surface area contributed by atoms with Gasteiger partial charge in [0.1, 0.15) is 10.2 Å². The van der Waals surface area contributed by atoms with Crippen LogP contribution in [0.25, 0.3) is 0 Å². The molecule has 1 saturated carbocycles. The molecular formula is C30H45BrN4O3. The zero-order valence-electron chi connectivity index (χ0n) is 23.1. The summed E-state index contributed by atoms with van der Waals surface area (Å²) in [6, 6.07) is 4.15. The van der Waals surface area contributed by atoms with Crippen molar-refractivity contribution in [3.63, 3.8) is 0 Å². The van der Waals surface area contributed by atoms with Gasteiger partial charge in [-0.2, -0.15) is 0 Å². The van der Waals surface area contributed by atoms with Crippen LogP contribution in [0.5, 0.6) is 0 Å². The normalized spacial score (nSPS) is 25.5. The van der Waals surface area contributed by atoms with Gasteiger partial charge in [-0.1, -0.05) is 39.0 Å². The van der Waals surface area contributed by atoms with Crippen molar-refractivity contribution < 1.29 is 14.3 Å². The Morgan fingerprint density at radius 1 is 1.11 bits per heavy atom. The molecule has 5 rings (SSSR count). The molecule has 2 amide bonds. The van der Waals surface area contributed by atoms with Crippen LogP contribution in [0.1, 0.15) is 94.3 Å². The van der Waals surface area contributed by atoms with E-state index in [1.807, 2.05) is 17.0 Å². The number of halogens is 1. The highest BCUT2D eigenvalue weighted by Crippen LogP contribution is 2.42. The van der Waals surface area contributed by atoms with E-state index in [0.29, 0.717) is 28.0 Å². The first-order chi connectivity index (χ1) is 18.5. The number of carbonyl (C=O) groups is 2. The summed E-state index contributed by atoms with van der Waals surface area (Å²) in [6.45, 7) is 7.52. The Labute approximate surface area is 236 Å². The van der Waals surface area contributed by atoms with Crippen LogP contribution in [0, 0.1) is 11.8 Å². The fourth-order valence-electron chi connectivity index (χ4n) is 7.39. The Morgan fingerprint density at radius 3 is 2.53 bits per heavy atom. The number of nitrogens with zero attached hydrogens (tertiary/aromatic N) is 4. The van der Waals surface area contributed by atoms with Gasteiger partial charge < -0.3 is 14.5 Å². The van der Waals surface area contributed by atoms with E-state index in [0.717, 1.165) is 71.4 Å². The van der Waals surface area contributed by atoms with Gasteiger partial charge in [0.15, 0.2) is 0 Å². The topological polar surface area (TPSA) is 66.0 Å². The van der Waals surface area contributed by atoms with Gasteiger partial charge in [-0.05, 0) is 66.1 Å². The zero-order chi connectivity index (χ0) is 26.5. The predicted octanol–water partition coefficient (Wildman–Crippen LogP) is 6.12. The van der Waals surface area contributed by atoms with Crippen LogP contribution in [0.2, 0.25) is 0 Å². The number of rotatable bonds is 7. The molecule has 0 N–H and O–H groups in total. The Kier molecular flexibility index (Phi) is 9.29. The van der Waals surface area contributed by atoms with Crippen molar-refractivity contribution >= 4 is 27.9 Å². The number of hydrogen-bond acceptors (Lipinski definition) is 5. The first kappa shape index (κ1) is 27.9. The van der Waals surface area contributed by atoms with Gasteiger partial charge in [0.25, 0.3) is 5.91 Å². The second-order valence-electron chi connectivity index (χ2n) is 12.1. The van der Waals surface area contributed by atoms with Gasteiger partial charge in [-0.15, -0.1) is 0 Å². The van der Waals surface area contributed by atoms with E-state index in [1.54, 1.807) is 6.20 Å². The van der Waals surface area contributed by atoms with Gasteiger partial charge in [-0.3, -0.25) is 9.69 Å². The lowest BCUT2D eigenvalue weighted by Gasteiger charge is -2.52. The highest BCUT2D eigenvalue weighted by atomic mass is 79.9. The van der Waals surface area contributed by atoms with Crippen molar-refractivity contribution in [1.82, 2.24) is 19.7 Å². The summed E-state index contributed by atoms with van der Waals surface area (Å²) in [5, 5.41) is 0. The molecule has 1 spiro atoms. The maximum absolute atomic E-state index is 13.2. The first-order valence-corrected chi connectivity index (χ1v) is 15.9. The molecule has 1 atom stereocenters. The number of carbonyl (C=O) groups excluding carboxylic acids is 2. The summed E-state index contributed by atoms with van der Waals surface area (Å²) in [5.41, 5.74) is 0.343. The SMILES string of the molecule is CCCCC1CN(CC2CCCCC2)C(=O)OC12CCN(C1CCN(C(=O)c3cccnc3Br)CC1)CC2. The van der Waals surface area contributed by atoms with E-state index in [1.165, 1.54) is 44.9 Å². The number of piperidine rings is 2. The van der Waals surface area contributed by atoms with Crippen LogP contribution >= 0.6 is 15.9 Å². The molecule has 8 heteroatoms. The Bertz CT molecular complexity index is 953. The number of ether oxygens (including phenoxy) is 1. The summed E-state index contributed by atoms with van der Waals surface area (Å²) in [4.78, 5) is 37.1. The van der Waals surface area contributed by atoms with Gasteiger partial charge in [0.05, 0.1) is 5.56 Å². The molecule has 0 radical (unpaired) electrons. The van der Waals surface area contributed by atoms with Crippen molar-refractivity contribution in [3.05, 3.63) is 28.5 Å². The van der Waals surface area contributed by atoms with Gasteiger partial charge >= 0.3 is 6.09 Å². The van der Waals surface area contributed by atoms with Crippen LogP contribution in [0.3, 0.4) is 0 Å².